The topological polar surface area (TPSA) is 32.7 Å². The molecule has 1 N–H and O–H groups in total. The minimum atomic E-state index is -0.295. The van der Waals surface area contributed by atoms with E-state index >= 15 is 0 Å². The Bertz CT molecular complexity index is 513. The lowest BCUT2D eigenvalue weighted by molar-refractivity contribution is 0.0125. The number of aliphatic hydroxyl groups is 1. The van der Waals surface area contributed by atoms with Gasteiger partial charge in [0.1, 0.15) is 12.4 Å². The highest BCUT2D eigenvalue weighted by Crippen LogP contribution is 2.18. The van der Waals surface area contributed by atoms with Crippen molar-refractivity contribution in [1.82, 2.24) is 4.90 Å². The molecular formula is C17H22FNO2. The Kier molecular flexibility index (Phi) is 6.19. The molecule has 0 aromatic heterocycles. The predicted molar refractivity (Wildman–Crippen MR) is 80.3 cm³/mol. The van der Waals surface area contributed by atoms with Gasteiger partial charge in [0.15, 0.2) is 0 Å². The van der Waals surface area contributed by atoms with Crippen LogP contribution in [0.3, 0.4) is 0 Å². The van der Waals surface area contributed by atoms with Gasteiger partial charge in [-0.3, -0.25) is 4.90 Å². The van der Waals surface area contributed by atoms with Crippen LogP contribution in [0.1, 0.15) is 30.9 Å². The van der Waals surface area contributed by atoms with E-state index in [1.807, 2.05) is 6.92 Å². The molecule has 3 nitrogen and oxygen atoms in total. The fraction of sp³-hybridized carbons (Fsp3) is 0.529. The summed E-state index contributed by atoms with van der Waals surface area (Å²) in [5.41, 5.74) is 1.67. The molecule has 4 heteroatoms. The second kappa shape index (κ2) is 8.14. The van der Waals surface area contributed by atoms with Gasteiger partial charge in [-0.2, -0.15) is 0 Å². The zero-order valence-electron chi connectivity index (χ0n) is 12.4. The third-order valence-electron chi connectivity index (χ3n) is 3.70. The van der Waals surface area contributed by atoms with Crippen LogP contribution in [0.5, 0.6) is 0 Å². The van der Waals surface area contributed by atoms with Gasteiger partial charge in [-0.05, 0) is 37.5 Å². The Morgan fingerprint density at radius 2 is 2.14 bits per heavy atom. The number of halogens is 1. The molecule has 0 radical (unpaired) electrons. The summed E-state index contributed by atoms with van der Waals surface area (Å²) in [7, 11) is 0. The SMILES string of the molecule is CCOC1CCN(Cc2ccc(F)cc2C#CCO)CC1. The number of hydrogen-bond acceptors (Lipinski definition) is 3. The standard InChI is InChI=1S/C17H22FNO2/c1-2-21-17-7-9-19(10-8-17)13-15-5-6-16(18)12-14(15)4-3-11-20/h5-6,12,17,20H,2,7-11,13H2,1H3. The number of benzene rings is 1. The van der Waals surface area contributed by atoms with E-state index in [9.17, 15) is 4.39 Å². The highest BCUT2D eigenvalue weighted by atomic mass is 19.1. The molecule has 1 saturated heterocycles. The average Bonchev–Trinajstić information content (AvgIpc) is 2.49. The molecule has 0 atom stereocenters. The van der Waals surface area contributed by atoms with Crippen molar-refractivity contribution in [3.63, 3.8) is 0 Å². The molecule has 0 bridgehead atoms. The Hall–Kier alpha value is -1.41. The maximum Gasteiger partial charge on any atom is 0.124 e. The lowest BCUT2D eigenvalue weighted by Gasteiger charge is -2.31. The molecule has 2 rings (SSSR count). The maximum atomic E-state index is 13.3. The largest absolute Gasteiger partial charge is 0.384 e. The number of aliphatic hydroxyl groups excluding tert-OH is 1. The van der Waals surface area contributed by atoms with Crippen molar-refractivity contribution in [1.29, 1.82) is 0 Å². The summed E-state index contributed by atoms with van der Waals surface area (Å²) >= 11 is 0. The minimum Gasteiger partial charge on any atom is -0.384 e. The number of likely N-dealkylation sites (tertiary alicyclic amines) is 1. The summed E-state index contributed by atoms with van der Waals surface area (Å²) in [5.74, 6) is 5.13. The first-order chi connectivity index (χ1) is 10.2. The molecule has 1 aliphatic rings. The van der Waals surface area contributed by atoms with Gasteiger partial charge in [0.2, 0.25) is 0 Å². The smallest absolute Gasteiger partial charge is 0.124 e. The molecule has 0 amide bonds. The van der Waals surface area contributed by atoms with Gasteiger partial charge in [0.05, 0.1) is 6.10 Å². The first-order valence-electron chi connectivity index (χ1n) is 7.45. The maximum absolute atomic E-state index is 13.3. The molecule has 114 valence electrons. The van der Waals surface area contributed by atoms with E-state index in [1.165, 1.54) is 12.1 Å². The van der Waals surface area contributed by atoms with Crippen LogP contribution in [0.4, 0.5) is 4.39 Å². The van der Waals surface area contributed by atoms with Crippen molar-refractivity contribution < 1.29 is 14.2 Å². The van der Waals surface area contributed by atoms with Crippen LogP contribution in [0.25, 0.3) is 0 Å². The number of rotatable bonds is 4. The van der Waals surface area contributed by atoms with Crippen molar-refractivity contribution >= 4 is 0 Å². The highest BCUT2D eigenvalue weighted by molar-refractivity contribution is 5.41. The molecule has 21 heavy (non-hydrogen) atoms. The molecule has 0 saturated carbocycles. The Morgan fingerprint density at radius 1 is 1.38 bits per heavy atom. The van der Waals surface area contributed by atoms with Gasteiger partial charge in [0.25, 0.3) is 0 Å². The monoisotopic (exact) mass is 291 g/mol. The Balaban J connectivity index is 2.00. The molecule has 1 aromatic rings. The van der Waals surface area contributed by atoms with E-state index in [1.54, 1.807) is 6.07 Å². The van der Waals surface area contributed by atoms with E-state index < -0.39 is 0 Å². The van der Waals surface area contributed by atoms with Gasteiger partial charge >= 0.3 is 0 Å². The highest BCUT2D eigenvalue weighted by Gasteiger charge is 2.19. The fourth-order valence-electron chi connectivity index (χ4n) is 2.65. The summed E-state index contributed by atoms with van der Waals surface area (Å²) in [6, 6.07) is 4.68. The lowest BCUT2D eigenvalue weighted by atomic mass is 10.0. The van der Waals surface area contributed by atoms with Crippen LogP contribution in [0.2, 0.25) is 0 Å². The van der Waals surface area contributed by atoms with Crippen LogP contribution in [-0.4, -0.2) is 42.4 Å². The molecule has 0 unspecified atom stereocenters. The Labute approximate surface area is 125 Å². The Morgan fingerprint density at radius 3 is 2.81 bits per heavy atom. The van der Waals surface area contributed by atoms with Crippen molar-refractivity contribution in [2.24, 2.45) is 0 Å². The van der Waals surface area contributed by atoms with E-state index in [2.05, 4.69) is 16.7 Å². The zero-order chi connectivity index (χ0) is 15.1. The predicted octanol–water partition coefficient (Wildman–Crippen LogP) is 2.17. The fourth-order valence-corrected chi connectivity index (χ4v) is 2.65. The zero-order valence-corrected chi connectivity index (χ0v) is 12.4. The van der Waals surface area contributed by atoms with Crippen molar-refractivity contribution in [3.05, 3.63) is 35.1 Å². The van der Waals surface area contributed by atoms with Gasteiger partial charge in [0, 0.05) is 31.8 Å². The summed E-state index contributed by atoms with van der Waals surface area (Å²) < 4.78 is 19.0. The third kappa shape index (κ3) is 4.82. The second-order valence-corrected chi connectivity index (χ2v) is 5.19. The van der Waals surface area contributed by atoms with Gasteiger partial charge in [-0.25, -0.2) is 4.39 Å². The first kappa shape index (κ1) is 16.0. The molecule has 1 aliphatic heterocycles. The number of nitrogens with zero attached hydrogens (tertiary/aromatic N) is 1. The average molecular weight is 291 g/mol. The van der Waals surface area contributed by atoms with Crippen LogP contribution in [-0.2, 0) is 11.3 Å². The summed E-state index contributed by atoms with van der Waals surface area (Å²) in [6.07, 6.45) is 2.44. The van der Waals surface area contributed by atoms with E-state index in [0.717, 1.165) is 44.6 Å². The van der Waals surface area contributed by atoms with Crippen molar-refractivity contribution in [2.45, 2.75) is 32.4 Å². The van der Waals surface area contributed by atoms with Crippen LogP contribution >= 0.6 is 0 Å². The lowest BCUT2D eigenvalue weighted by Crippen LogP contribution is -2.36. The van der Waals surface area contributed by atoms with Gasteiger partial charge in [-0.15, -0.1) is 0 Å². The molecule has 1 heterocycles. The number of ether oxygens (including phenoxy) is 1. The molecular weight excluding hydrogens is 269 g/mol. The number of piperidine rings is 1. The first-order valence-corrected chi connectivity index (χ1v) is 7.45. The quantitative estimate of drug-likeness (QED) is 0.863. The summed E-state index contributed by atoms with van der Waals surface area (Å²) in [4.78, 5) is 2.34. The second-order valence-electron chi connectivity index (χ2n) is 5.19. The molecule has 0 aliphatic carbocycles. The van der Waals surface area contributed by atoms with Crippen LogP contribution in [0, 0.1) is 17.7 Å². The van der Waals surface area contributed by atoms with Crippen molar-refractivity contribution in [2.75, 3.05) is 26.3 Å². The van der Waals surface area contributed by atoms with E-state index in [4.69, 9.17) is 9.84 Å². The van der Waals surface area contributed by atoms with E-state index in [0.29, 0.717) is 11.7 Å². The minimum absolute atomic E-state index is 0.213. The summed E-state index contributed by atoms with van der Waals surface area (Å²) in [5, 5.41) is 8.80. The van der Waals surface area contributed by atoms with Gasteiger partial charge < -0.3 is 9.84 Å². The number of hydrogen-bond donors (Lipinski definition) is 1. The molecule has 1 aromatic carbocycles. The van der Waals surface area contributed by atoms with Gasteiger partial charge in [-0.1, -0.05) is 17.9 Å². The normalized spacial score (nSPS) is 16.5. The third-order valence-corrected chi connectivity index (χ3v) is 3.70. The van der Waals surface area contributed by atoms with Crippen LogP contribution in [0.15, 0.2) is 18.2 Å². The van der Waals surface area contributed by atoms with E-state index in [-0.39, 0.29) is 12.4 Å². The van der Waals surface area contributed by atoms with Crippen LogP contribution < -0.4 is 0 Å². The molecule has 1 fully saturated rings. The summed E-state index contributed by atoms with van der Waals surface area (Å²) in [6.45, 7) is 5.30. The molecule has 0 spiro atoms. The van der Waals surface area contributed by atoms with Crippen molar-refractivity contribution in [3.8, 4) is 11.8 Å².